The van der Waals surface area contributed by atoms with Crippen LogP contribution in [0.3, 0.4) is 0 Å². The molecule has 1 rings (SSSR count). The Morgan fingerprint density at radius 3 is 2.50 bits per heavy atom. The molecule has 1 aromatic rings. The quantitative estimate of drug-likeness (QED) is 0.452. The van der Waals surface area contributed by atoms with Crippen LogP contribution in [0.15, 0.2) is 12.1 Å². The molecule has 0 aromatic heterocycles. The standard InChI is InChI=1S/C9H9IO4/c10-4-3-5-1-2-6(11)8(12)7(5)9(13)14/h1-2,11-12H,3-4H2,(H,13,14). The average Bonchev–Trinajstić information content (AvgIpc) is 2.11. The van der Waals surface area contributed by atoms with E-state index in [1.807, 2.05) is 0 Å². The lowest BCUT2D eigenvalue weighted by Gasteiger charge is -2.07. The first-order valence-electron chi connectivity index (χ1n) is 3.91. The van der Waals surface area contributed by atoms with E-state index in [4.69, 9.17) is 10.2 Å². The maximum absolute atomic E-state index is 10.8. The molecule has 0 saturated carbocycles. The summed E-state index contributed by atoms with van der Waals surface area (Å²) in [5.74, 6) is -2.18. The number of halogens is 1. The first-order valence-corrected chi connectivity index (χ1v) is 5.43. The van der Waals surface area contributed by atoms with Crippen molar-refractivity contribution >= 4 is 28.6 Å². The summed E-state index contributed by atoms with van der Waals surface area (Å²) in [5.41, 5.74) is 0.323. The van der Waals surface area contributed by atoms with Gasteiger partial charge >= 0.3 is 5.97 Å². The second-order valence-corrected chi connectivity index (χ2v) is 3.79. The number of alkyl halides is 1. The Hall–Kier alpha value is -0.980. The summed E-state index contributed by atoms with van der Waals surface area (Å²) in [5, 5.41) is 27.3. The van der Waals surface area contributed by atoms with Gasteiger partial charge in [0.05, 0.1) is 0 Å². The molecule has 1 aromatic carbocycles. The predicted octanol–water partition coefficient (Wildman–Crippen LogP) is 1.77. The number of phenols is 2. The zero-order chi connectivity index (χ0) is 10.7. The lowest BCUT2D eigenvalue weighted by atomic mass is 10.0. The number of carbonyl (C=O) groups is 1. The molecule has 3 N–H and O–H groups in total. The number of hydrogen-bond donors (Lipinski definition) is 3. The van der Waals surface area contributed by atoms with Crippen molar-refractivity contribution in [3.63, 3.8) is 0 Å². The zero-order valence-corrected chi connectivity index (χ0v) is 9.35. The molecule has 76 valence electrons. The molecule has 0 bridgehead atoms. The Labute approximate surface area is 94.3 Å². The number of rotatable bonds is 3. The van der Waals surface area contributed by atoms with Crippen LogP contribution in [0.25, 0.3) is 0 Å². The number of aromatic hydroxyl groups is 2. The smallest absolute Gasteiger partial charge is 0.339 e. The third-order valence-electron chi connectivity index (χ3n) is 1.82. The molecule has 0 heterocycles. The Kier molecular flexibility index (Phi) is 3.56. The van der Waals surface area contributed by atoms with Crippen molar-refractivity contribution in [1.82, 2.24) is 0 Å². The van der Waals surface area contributed by atoms with Gasteiger partial charge in [0.25, 0.3) is 0 Å². The van der Waals surface area contributed by atoms with E-state index >= 15 is 0 Å². The predicted molar refractivity (Wildman–Crippen MR) is 59.3 cm³/mol. The summed E-state index contributed by atoms with van der Waals surface area (Å²) in [4.78, 5) is 10.8. The van der Waals surface area contributed by atoms with E-state index < -0.39 is 17.5 Å². The van der Waals surface area contributed by atoms with E-state index in [2.05, 4.69) is 22.6 Å². The third kappa shape index (κ3) is 2.09. The van der Waals surface area contributed by atoms with Crippen LogP contribution in [0.4, 0.5) is 0 Å². The number of carboxylic acid groups (broad SMARTS) is 1. The average molecular weight is 308 g/mol. The van der Waals surface area contributed by atoms with Crippen molar-refractivity contribution in [2.75, 3.05) is 4.43 Å². The lowest BCUT2D eigenvalue weighted by Crippen LogP contribution is -2.03. The van der Waals surface area contributed by atoms with Crippen molar-refractivity contribution in [3.8, 4) is 11.5 Å². The highest BCUT2D eigenvalue weighted by atomic mass is 127. The van der Waals surface area contributed by atoms with E-state index in [-0.39, 0.29) is 5.56 Å². The SMILES string of the molecule is O=C(O)c1c(CCI)ccc(O)c1O. The minimum Gasteiger partial charge on any atom is -0.504 e. The van der Waals surface area contributed by atoms with Gasteiger partial charge in [0.15, 0.2) is 11.5 Å². The summed E-state index contributed by atoms with van der Waals surface area (Å²) < 4.78 is 0.752. The van der Waals surface area contributed by atoms with Crippen molar-refractivity contribution in [2.24, 2.45) is 0 Å². The second-order valence-electron chi connectivity index (χ2n) is 2.71. The highest BCUT2D eigenvalue weighted by Crippen LogP contribution is 2.31. The van der Waals surface area contributed by atoms with Crippen molar-refractivity contribution in [3.05, 3.63) is 23.3 Å². The van der Waals surface area contributed by atoms with Crippen LogP contribution in [0.2, 0.25) is 0 Å². The summed E-state index contributed by atoms with van der Waals surface area (Å²) in [6.07, 6.45) is 0.552. The van der Waals surface area contributed by atoms with Gasteiger partial charge in [-0.3, -0.25) is 0 Å². The van der Waals surface area contributed by atoms with Crippen molar-refractivity contribution in [2.45, 2.75) is 6.42 Å². The van der Waals surface area contributed by atoms with Crippen LogP contribution in [-0.4, -0.2) is 25.7 Å². The Bertz CT molecular complexity index is 362. The highest BCUT2D eigenvalue weighted by Gasteiger charge is 2.17. The van der Waals surface area contributed by atoms with E-state index in [0.29, 0.717) is 12.0 Å². The van der Waals surface area contributed by atoms with Crippen molar-refractivity contribution < 1.29 is 20.1 Å². The van der Waals surface area contributed by atoms with Crippen LogP contribution in [0, 0.1) is 0 Å². The number of carboxylic acids is 1. The fourth-order valence-electron chi connectivity index (χ4n) is 1.17. The maximum Gasteiger partial charge on any atom is 0.339 e. The number of aromatic carboxylic acids is 1. The van der Waals surface area contributed by atoms with E-state index in [1.165, 1.54) is 12.1 Å². The first kappa shape index (κ1) is 11.1. The van der Waals surface area contributed by atoms with Gasteiger partial charge in [-0.25, -0.2) is 4.79 Å². The molecule has 14 heavy (non-hydrogen) atoms. The highest BCUT2D eigenvalue weighted by molar-refractivity contribution is 14.1. The number of hydrogen-bond acceptors (Lipinski definition) is 3. The fourth-order valence-corrected chi connectivity index (χ4v) is 1.75. The Morgan fingerprint density at radius 2 is 2.00 bits per heavy atom. The second kappa shape index (κ2) is 4.50. The molecule has 0 saturated heterocycles. The van der Waals surface area contributed by atoms with Gasteiger partial charge in [-0.05, 0) is 18.1 Å². The lowest BCUT2D eigenvalue weighted by molar-refractivity contribution is 0.0692. The molecule has 0 fully saturated rings. The van der Waals surface area contributed by atoms with Crippen LogP contribution in [-0.2, 0) is 6.42 Å². The summed E-state index contributed by atoms with van der Waals surface area (Å²) >= 11 is 2.11. The monoisotopic (exact) mass is 308 g/mol. The Balaban J connectivity index is 3.30. The van der Waals surface area contributed by atoms with Gasteiger partial charge in [-0.1, -0.05) is 28.7 Å². The minimum absolute atomic E-state index is 0.207. The maximum atomic E-state index is 10.8. The molecule has 0 aliphatic rings. The largest absolute Gasteiger partial charge is 0.504 e. The molecule has 0 unspecified atom stereocenters. The molecule has 0 aliphatic heterocycles. The van der Waals surface area contributed by atoms with E-state index in [0.717, 1.165) is 4.43 Å². The molecule has 0 atom stereocenters. The fraction of sp³-hybridized carbons (Fsp3) is 0.222. The molecular weight excluding hydrogens is 299 g/mol. The number of benzene rings is 1. The number of phenolic OH excluding ortho intramolecular Hbond substituents is 1. The Morgan fingerprint density at radius 1 is 1.36 bits per heavy atom. The molecule has 4 nitrogen and oxygen atoms in total. The topological polar surface area (TPSA) is 77.8 Å². The molecule has 0 amide bonds. The van der Waals surface area contributed by atoms with Crippen molar-refractivity contribution in [1.29, 1.82) is 0 Å². The van der Waals surface area contributed by atoms with Gasteiger partial charge in [0.1, 0.15) is 5.56 Å². The summed E-state index contributed by atoms with van der Waals surface area (Å²) in [7, 11) is 0. The summed E-state index contributed by atoms with van der Waals surface area (Å²) in [6.45, 7) is 0. The van der Waals surface area contributed by atoms with Crippen LogP contribution in [0.5, 0.6) is 11.5 Å². The van der Waals surface area contributed by atoms with Gasteiger partial charge in [0, 0.05) is 4.43 Å². The first-order chi connectivity index (χ1) is 6.57. The molecular formula is C9H9IO4. The third-order valence-corrected chi connectivity index (χ3v) is 2.36. The molecule has 0 spiro atoms. The van der Waals surface area contributed by atoms with Gasteiger partial charge in [-0.2, -0.15) is 0 Å². The van der Waals surface area contributed by atoms with Gasteiger partial charge < -0.3 is 15.3 Å². The summed E-state index contributed by atoms with van der Waals surface area (Å²) in [6, 6.07) is 2.81. The normalized spacial score (nSPS) is 10.1. The zero-order valence-electron chi connectivity index (χ0n) is 7.20. The molecule has 0 aliphatic carbocycles. The molecule has 5 heteroatoms. The number of aryl methyl sites for hydroxylation is 1. The van der Waals surface area contributed by atoms with E-state index in [9.17, 15) is 9.90 Å². The molecule has 0 radical (unpaired) electrons. The van der Waals surface area contributed by atoms with Gasteiger partial charge in [0.2, 0.25) is 0 Å². The van der Waals surface area contributed by atoms with Gasteiger partial charge in [-0.15, -0.1) is 0 Å². The van der Waals surface area contributed by atoms with Crippen LogP contribution < -0.4 is 0 Å². The van der Waals surface area contributed by atoms with E-state index in [1.54, 1.807) is 0 Å². The van der Waals surface area contributed by atoms with Crippen LogP contribution in [0.1, 0.15) is 15.9 Å². The minimum atomic E-state index is -1.22. The van der Waals surface area contributed by atoms with Crippen LogP contribution >= 0.6 is 22.6 Å².